The second kappa shape index (κ2) is 6.29. The van der Waals surface area contributed by atoms with Crippen molar-refractivity contribution in [2.24, 2.45) is 5.73 Å². The molecule has 19 heavy (non-hydrogen) atoms. The summed E-state index contributed by atoms with van der Waals surface area (Å²) in [6, 6.07) is 7.02. The van der Waals surface area contributed by atoms with Crippen molar-refractivity contribution in [2.75, 3.05) is 13.2 Å². The lowest BCUT2D eigenvalue weighted by Crippen LogP contribution is -2.19. The van der Waals surface area contributed by atoms with E-state index in [1.165, 1.54) is 6.08 Å². The fourth-order valence-electron chi connectivity index (χ4n) is 2.02. The number of unbranched alkanes of at least 4 members (excludes halogenated alkanes) is 2. The van der Waals surface area contributed by atoms with Gasteiger partial charge in [0.1, 0.15) is 5.76 Å². The van der Waals surface area contributed by atoms with E-state index in [0.717, 1.165) is 19.3 Å². The van der Waals surface area contributed by atoms with E-state index >= 15 is 0 Å². The third-order valence-electron chi connectivity index (χ3n) is 3.03. The van der Waals surface area contributed by atoms with E-state index in [4.69, 9.17) is 10.5 Å². The normalized spacial score (nSPS) is 14.1. The van der Waals surface area contributed by atoms with Crippen LogP contribution in [0.15, 0.2) is 30.3 Å². The average molecular weight is 259 g/mol. The van der Waals surface area contributed by atoms with Crippen molar-refractivity contribution >= 4 is 17.3 Å². The largest absolute Gasteiger partial charge is 0.493 e. The van der Waals surface area contributed by atoms with Crippen molar-refractivity contribution in [3.63, 3.8) is 0 Å². The van der Waals surface area contributed by atoms with E-state index in [9.17, 15) is 9.59 Å². The SMILES string of the molecule is NCCCCCOC1=CC(=O)C(=O)c2ccccc21. The Hall–Kier alpha value is -1.94. The third kappa shape index (κ3) is 3.09. The van der Waals surface area contributed by atoms with Crippen LogP contribution >= 0.6 is 0 Å². The Morgan fingerprint density at radius 2 is 1.74 bits per heavy atom. The number of benzene rings is 1. The van der Waals surface area contributed by atoms with E-state index in [1.807, 2.05) is 6.07 Å². The smallest absolute Gasteiger partial charge is 0.233 e. The average Bonchev–Trinajstić information content (AvgIpc) is 2.44. The number of ether oxygens (including phenoxy) is 1. The molecule has 0 atom stereocenters. The van der Waals surface area contributed by atoms with Gasteiger partial charge in [-0.15, -0.1) is 0 Å². The molecule has 0 amide bonds. The summed E-state index contributed by atoms with van der Waals surface area (Å²) in [4.78, 5) is 23.3. The van der Waals surface area contributed by atoms with Crippen molar-refractivity contribution in [1.29, 1.82) is 0 Å². The molecule has 0 unspecified atom stereocenters. The standard InChI is InChI=1S/C15H17NO3/c16-8-4-1-5-9-19-14-10-13(17)15(18)12-7-3-2-6-11(12)14/h2-3,6-7,10H,1,4-5,8-9,16H2. The molecule has 1 aromatic carbocycles. The lowest BCUT2D eigenvalue weighted by atomic mass is 9.94. The van der Waals surface area contributed by atoms with Gasteiger partial charge in [0.05, 0.1) is 6.61 Å². The van der Waals surface area contributed by atoms with Crippen LogP contribution in [0.3, 0.4) is 0 Å². The van der Waals surface area contributed by atoms with Gasteiger partial charge < -0.3 is 10.5 Å². The Morgan fingerprint density at radius 1 is 1.00 bits per heavy atom. The van der Waals surface area contributed by atoms with Crippen LogP contribution < -0.4 is 5.73 Å². The molecule has 0 saturated heterocycles. The van der Waals surface area contributed by atoms with Crippen LogP contribution in [-0.4, -0.2) is 24.7 Å². The molecule has 1 aliphatic rings. The van der Waals surface area contributed by atoms with E-state index in [2.05, 4.69) is 0 Å². The molecule has 0 bridgehead atoms. The molecule has 1 aliphatic carbocycles. The van der Waals surface area contributed by atoms with Gasteiger partial charge in [-0.1, -0.05) is 24.3 Å². The lowest BCUT2D eigenvalue weighted by Gasteiger charge is -2.16. The second-order valence-corrected chi connectivity index (χ2v) is 4.45. The Labute approximate surface area is 112 Å². The molecule has 0 aromatic heterocycles. The Morgan fingerprint density at radius 3 is 2.47 bits per heavy atom. The van der Waals surface area contributed by atoms with Crippen molar-refractivity contribution in [2.45, 2.75) is 19.3 Å². The molecular formula is C15H17NO3. The third-order valence-corrected chi connectivity index (χ3v) is 3.03. The van der Waals surface area contributed by atoms with Gasteiger partial charge in [-0.2, -0.15) is 0 Å². The first-order chi connectivity index (χ1) is 9.24. The summed E-state index contributed by atoms with van der Waals surface area (Å²) in [5, 5.41) is 0. The van der Waals surface area contributed by atoms with Crippen LogP contribution in [0, 0.1) is 0 Å². The van der Waals surface area contributed by atoms with Gasteiger partial charge in [-0.3, -0.25) is 9.59 Å². The van der Waals surface area contributed by atoms with Gasteiger partial charge in [0, 0.05) is 17.2 Å². The molecule has 0 saturated carbocycles. The summed E-state index contributed by atoms with van der Waals surface area (Å²) in [7, 11) is 0. The molecule has 1 aromatic rings. The number of carbonyl (C=O) groups excluding carboxylic acids is 2. The molecule has 0 aliphatic heterocycles. The molecule has 0 heterocycles. The summed E-state index contributed by atoms with van der Waals surface area (Å²) in [5.74, 6) is -0.491. The zero-order valence-electron chi connectivity index (χ0n) is 10.7. The Bertz CT molecular complexity index is 520. The summed E-state index contributed by atoms with van der Waals surface area (Å²) in [6.07, 6.45) is 4.14. The van der Waals surface area contributed by atoms with Crippen LogP contribution in [0.25, 0.3) is 5.76 Å². The number of hydrogen-bond acceptors (Lipinski definition) is 4. The van der Waals surface area contributed by atoms with Crippen molar-refractivity contribution < 1.29 is 14.3 Å². The fraction of sp³-hybridized carbons (Fsp3) is 0.333. The lowest BCUT2D eigenvalue weighted by molar-refractivity contribution is -0.111. The summed E-state index contributed by atoms with van der Waals surface area (Å²) < 4.78 is 5.62. The fourth-order valence-corrected chi connectivity index (χ4v) is 2.02. The molecule has 0 spiro atoms. The number of allylic oxidation sites excluding steroid dienone is 1. The van der Waals surface area contributed by atoms with Crippen molar-refractivity contribution in [3.05, 3.63) is 41.5 Å². The summed E-state index contributed by atoms with van der Waals surface area (Å²) >= 11 is 0. The van der Waals surface area contributed by atoms with Gasteiger partial charge in [0.2, 0.25) is 11.6 Å². The zero-order valence-corrected chi connectivity index (χ0v) is 10.7. The van der Waals surface area contributed by atoms with E-state index in [-0.39, 0.29) is 0 Å². The number of ketones is 2. The molecule has 0 fully saturated rings. The van der Waals surface area contributed by atoms with E-state index < -0.39 is 11.6 Å². The highest BCUT2D eigenvalue weighted by Gasteiger charge is 2.26. The van der Waals surface area contributed by atoms with Crippen LogP contribution in [0.4, 0.5) is 0 Å². The molecular weight excluding hydrogens is 242 g/mol. The van der Waals surface area contributed by atoms with E-state index in [1.54, 1.807) is 18.2 Å². The highest BCUT2D eigenvalue weighted by atomic mass is 16.5. The number of carbonyl (C=O) groups is 2. The number of rotatable bonds is 6. The minimum absolute atomic E-state index is 0.423. The molecule has 2 rings (SSSR count). The maximum atomic E-state index is 11.7. The van der Waals surface area contributed by atoms with Gasteiger partial charge >= 0.3 is 0 Å². The van der Waals surface area contributed by atoms with Crippen LogP contribution in [0.2, 0.25) is 0 Å². The topological polar surface area (TPSA) is 69.4 Å². The van der Waals surface area contributed by atoms with Gasteiger partial charge in [0.25, 0.3) is 0 Å². The summed E-state index contributed by atoms with van der Waals surface area (Å²) in [6.45, 7) is 1.21. The van der Waals surface area contributed by atoms with Crippen molar-refractivity contribution in [3.8, 4) is 0 Å². The minimum atomic E-state index is -0.518. The first-order valence-electron chi connectivity index (χ1n) is 6.46. The predicted molar refractivity (Wildman–Crippen MR) is 72.6 cm³/mol. The maximum Gasteiger partial charge on any atom is 0.233 e. The Balaban J connectivity index is 2.06. The first-order valence-corrected chi connectivity index (χ1v) is 6.46. The van der Waals surface area contributed by atoms with Gasteiger partial charge in [-0.25, -0.2) is 0 Å². The second-order valence-electron chi connectivity index (χ2n) is 4.45. The van der Waals surface area contributed by atoms with Gasteiger partial charge in [-0.05, 0) is 25.8 Å². The molecule has 4 heteroatoms. The zero-order chi connectivity index (χ0) is 13.7. The number of nitrogens with two attached hydrogens (primary N) is 1. The minimum Gasteiger partial charge on any atom is -0.493 e. The van der Waals surface area contributed by atoms with Gasteiger partial charge in [0.15, 0.2) is 0 Å². The number of Topliss-reactive ketones (excluding diaryl/α,β-unsaturated/α-hetero) is 1. The summed E-state index contributed by atoms with van der Waals surface area (Å²) in [5.41, 5.74) is 6.54. The van der Waals surface area contributed by atoms with Crippen molar-refractivity contribution in [1.82, 2.24) is 0 Å². The predicted octanol–water partition coefficient (Wildman–Crippen LogP) is 1.94. The quantitative estimate of drug-likeness (QED) is 0.626. The molecule has 100 valence electrons. The number of hydrogen-bond donors (Lipinski definition) is 1. The Kier molecular flexibility index (Phi) is 4.47. The first kappa shape index (κ1) is 13.5. The van der Waals surface area contributed by atoms with Crippen LogP contribution in [0.5, 0.6) is 0 Å². The van der Waals surface area contributed by atoms with E-state index in [0.29, 0.717) is 30.0 Å². The molecule has 0 radical (unpaired) electrons. The monoisotopic (exact) mass is 259 g/mol. The maximum absolute atomic E-state index is 11.7. The molecule has 2 N–H and O–H groups in total. The van der Waals surface area contributed by atoms with Crippen LogP contribution in [-0.2, 0) is 9.53 Å². The van der Waals surface area contributed by atoms with Crippen LogP contribution in [0.1, 0.15) is 35.2 Å². The highest BCUT2D eigenvalue weighted by Crippen LogP contribution is 2.25. The molecule has 4 nitrogen and oxygen atoms in total. The number of fused-ring (bicyclic) bond motifs is 1. The highest BCUT2D eigenvalue weighted by molar-refractivity contribution is 6.50.